The average Bonchev–Trinajstić information content (AvgIpc) is 3.38. The molecule has 168 valence electrons. The van der Waals surface area contributed by atoms with Crippen LogP contribution in [0.25, 0.3) is 11.1 Å². The van der Waals surface area contributed by atoms with Gasteiger partial charge in [0.15, 0.2) is 0 Å². The minimum Gasteiger partial charge on any atom is -0.396 e. The van der Waals surface area contributed by atoms with Gasteiger partial charge in [0.1, 0.15) is 0 Å². The summed E-state index contributed by atoms with van der Waals surface area (Å²) in [6.45, 7) is 0.362. The fourth-order valence-corrected chi connectivity index (χ4v) is 6.04. The second-order valence-electron chi connectivity index (χ2n) is 9.46. The quantitative estimate of drug-likeness (QED) is 0.579. The number of aromatic nitrogens is 1. The predicted molar refractivity (Wildman–Crippen MR) is 126 cm³/mol. The van der Waals surface area contributed by atoms with Gasteiger partial charge in [0.05, 0.1) is 12.0 Å². The van der Waals surface area contributed by atoms with Crippen molar-refractivity contribution in [2.24, 2.45) is 11.8 Å². The second kappa shape index (κ2) is 7.97. The molecule has 6 nitrogen and oxygen atoms in total. The molecule has 0 spiro atoms. The first kappa shape index (κ1) is 20.4. The SMILES string of the molecule is O=C(NC1Cc2ccccc2C1)[C@@H]1[C@@H](CO)[C@@H]2Cn3c(ccc(-c4ccccc4)c3=O)[C@H]1N2. The molecule has 6 heteroatoms. The molecule has 1 aliphatic carbocycles. The molecule has 3 aliphatic rings. The Hall–Kier alpha value is -3.22. The number of carbonyl (C=O) groups excluding carboxylic acids is 1. The Morgan fingerprint density at radius 2 is 1.70 bits per heavy atom. The average molecular weight is 442 g/mol. The van der Waals surface area contributed by atoms with E-state index in [-0.39, 0.29) is 42.1 Å². The van der Waals surface area contributed by atoms with Crippen molar-refractivity contribution >= 4 is 5.91 Å². The van der Waals surface area contributed by atoms with Crippen LogP contribution in [0.15, 0.2) is 71.5 Å². The lowest BCUT2D eigenvalue weighted by Gasteiger charge is -2.28. The monoisotopic (exact) mass is 441 g/mol. The van der Waals surface area contributed by atoms with Crippen LogP contribution in [-0.2, 0) is 24.2 Å². The molecule has 3 N–H and O–H groups in total. The van der Waals surface area contributed by atoms with Crippen LogP contribution in [-0.4, -0.2) is 34.3 Å². The van der Waals surface area contributed by atoms with E-state index in [9.17, 15) is 14.7 Å². The summed E-state index contributed by atoms with van der Waals surface area (Å²) in [5.74, 6) is -0.697. The van der Waals surface area contributed by atoms with E-state index in [0.29, 0.717) is 12.1 Å². The van der Waals surface area contributed by atoms with Gasteiger partial charge in [0, 0.05) is 42.4 Å². The van der Waals surface area contributed by atoms with Crippen LogP contribution < -0.4 is 16.2 Å². The van der Waals surface area contributed by atoms with E-state index < -0.39 is 5.92 Å². The fraction of sp³-hybridized carbons (Fsp3) is 0.333. The number of aliphatic hydroxyl groups is 1. The van der Waals surface area contributed by atoms with Gasteiger partial charge in [-0.05, 0) is 41.7 Å². The number of hydrogen-bond acceptors (Lipinski definition) is 4. The molecule has 33 heavy (non-hydrogen) atoms. The number of aliphatic hydroxyl groups excluding tert-OH is 1. The third kappa shape index (κ3) is 3.33. The Balaban J connectivity index is 1.30. The molecule has 0 radical (unpaired) electrons. The van der Waals surface area contributed by atoms with Crippen LogP contribution in [0.2, 0.25) is 0 Å². The highest BCUT2D eigenvalue weighted by molar-refractivity contribution is 5.81. The Kier molecular flexibility index (Phi) is 4.93. The van der Waals surface area contributed by atoms with Crippen LogP contribution in [0.5, 0.6) is 0 Å². The van der Waals surface area contributed by atoms with Gasteiger partial charge in [-0.3, -0.25) is 9.59 Å². The Morgan fingerprint density at radius 1 is 1.00 bits per heavy atom. The van der Waals surface area contributed by atoms with E-state index in [4.69, 9.17) is 0 Å². The zero-order valence-electron chi connectivity index (χ0n) is 18.3. The summed E-state index contributed by atoms with van der Waals surface area (Å²) in [6, 6.07) is 21.4. The third-order valence-corrected chi connectivity index (χ3v) is 7.63. The molecular weight excluding hydrogens is 414 g/mol. The summed E-state index contributed by atoms with van der Waals surface area (Å²) in [4.78, 5) is 26.9. The van der Waals surface area contributed by atoms with Gasteiger partial charge in [-0.2, -0.15) is 0 Å². The summed E-state index contributed by atoms with van der Waals surface area (Å²) < 4.78 is 1.80. The van der Waals surface area contributed by atoms with E-state index in [2.05, 4.69) is 22.8 Å². The number of benzene rings is 2. The summed E-state index contributed by atoms with van der Waals surface area (Å²) >= 11 is 0. The van der Waals surface area contributed by atoms with Crippen molar-refractivity contribution in [3.8, 4) is 11.1 Å². The van der Waals surface area contributed by atoms with Gasteiger partial charge >= 0.3 is 0 Å². The van der Waals surface area contributed by atoms with Crippen LogP contribution in [0.1, 0.15) is 22.9 Å². The molecule has 1 amide bonds. The molecule has 0 unspecified atom stereocenters. The van der Waals surface area contributed by atoms with Gasteiger partial charge in [-0.15, -0.1) is 0 Å². The number of carbonyl (C=O) groups is 1. The van der Waals surface area contributed by atoms with Gasteiger partial charge in [-0.1, -0.05) is 54.6 Å². The smallest absolute Gasteiger partial charge is 0.258 e. The zero-order chi connectivity index (χ0) is 22.5. The first-order valence-electron chi connectivity index (χ1n) is 11.7. The number of amides is 1. The van der Waals surface area contributed by atoms with Crippen LogP contribution in [0, 0.1) is 11.8 Å². The second-order valence-corrected chi connectivity index (χ2v) is 9.46. The van der Waals surface area contributed by atoms with E-state index in [1.54, 1.807) is 4.57 Å². The first-order chi connectivity index (χ1) is 16.1. The van der Waals surface area contributed by atoms with Gasteiger partial charge in [0.2, 0.25) is 5.91 Å². The fourth-order valence-electron chi connectivity index (χ4n) is 6.04. The molecule has 2 aromatic carbocycles. The number of hydrogen-bond donors (Lipinski definition) is 3. The Labute approximate surface area is 192 Å². The predicted octanol–water partition coefficient (Wildman–Crippen LogP) is 2.05. The standard InChI is InChI=1S/C27H27N3O3/c31-15-21-22-14-30-23(11-10-20(27(30)33)16-6-2-1-3-7-16)25(29-22)24(21)26(32)28-19-12-17-8-4-5-9-18(17)13-19/h1-11,19,21-22,24-25,29,31H,12-15H2,(H,28,32)/t21-,22-,24+,25+/m0/s1. The molecule has 4 atom stereocenters. The zero-order valence-corrected chi connectivity index (χ0v) is 18.3. The Bertz CT molecular complexity index is 1240. The van der Waals surface area contributed by atoms with E-state index in [0.717, 1.165) is 24.1 Å². The lowest BCUT2D eigenvalue weighted by molar-refractivity contribution is -0.127. The largest absolute Gasteiger partial charge is 0.396 e. The third-order valence-electron chi connectivity index (χ3n) is 7.63. The van der Waals surface area contributed by atoms with Crippen molar-refractivity contribution in [1.82, 2.24) is 15.2 Å². The van der Waals surface area contributed by atoms with Crippen molar-refractivity contribution in [2.45, 2.75) is 37.5 Å². The van der Waals surface area contributed by atoms with Gasteiger partial charge < -0.3 is 20.3 Å². The highest BCUT2D eigenvalue weighted by Crippen LogP contribution is 2.41. The van der Waals surface area contributed by atoms with E-state index in [1.165, 1.54) is 11.1 Å². The molecule has 2 bridgehead atoms. The van der Waals surface area contributed by atoms with Gasteiger partial charge in [-0.25, -0.2) is 0 Å². The lowest BCUT2D eigenvalue weighted by Crippen LogP contribution is -2.44. The maximum Gasteiger partial charge on any atom is 0.258 e. The lowest BCUT2D eigenvalue weighted by atomic mass is 9.86. The van der Waals surface area contributed by atoms with Crippen LogP contribution in [0.4, 0.5) is 0 Å². The molecule has 3 aromatic rings. The van der Waals surface area contributed by atoms with Crippen molar-refractivity contribution in [1.29, 1.82) is 0 Å². The summed E-state index contributed by atoms with van der Waals surface area (Å²) in [7, 11) is 0. The molecule has 3 heterocycles. The molecule has 6 rings (SSSR count). The number of pyridine rings is 1. The van der Waals surface area contributed by atoms with Crippen LogP contribution >= 0.6 is 0 Å². The highest BCUT2D eigenvalue weighted by atomic mass is 16.3. The number of nitrogens with zero attached hydrogens (tertiary/aromatic N) is 1. The maximum atomic E-state index is 13.5. The molecular formula is C27H27N3O3. The maximum absolute atomic E-state index is 13.5. The Morgan fingerprint density at radius 3 is 2.39 bits per heavy atom. The molecule has 1 aromatic heterocycles. The summed E-state index contributed by atoms with van der Waals surface area (Å²) in [5, 5.41) is 17.0. The molecule has 1 saturated heterocycles. The van der Waals surface area contributed by atoms with Crippen molar-refractivity contribution in [3.05, 3.63) is 93.9 Å². The van der Waals surface area contributed by atoms with Crippen molar-refractivity contribution in [3.63, 3.8) is 0 Å². The number of rotatable bonds is 4. The highest BCUT2D eigenvalue weighted by Gasteiger charge is 2.51. The van der Waals surface area contributed by atoms with E-state index >= 15 is 0 Å². The number of nitrogens with one attached hydrogen (secondary N) is 2. The van der Waals surface area contributed by atoms with E-state index in [1.807, 2.05) is 54.6 Å². The minimum atomic E-state index is -0.417. The molecule has 2 aliphatic heterocycles. The molecule has 0 saturated carbocycles. The summed E-state index contributed by atoms with van der Waals surface area (Å²) in [5.41, 5.74) is 4.90. The first-order valence-corrected chi connectivity index (χ1v) is 11.7. The minimum absolute atomic E-state index is 0.0418. The summed E-state index contributed by atoms with van der Waals surface area (Å²) in [6.07, 6.45) is 1.66. The van der Waals surface area contributed by atoms with Crippen molar-refractivity contribution in [2.75, 3.05) is 6.61 Å². The molecule has 1 fully saturated rings. The van der Waals surface area contributed by atoms with Crippen LogP contribution in [0.3, 0.4) is 0 Å². The topological polar surface area (TPSA) is 83.4 Å². The van der Waals surface area contributed by atoms with Crippen molar-refractivity contribution < 1.29 is 9.90 Å². The normalized spacial score (nSPS) is 25.5. The van der Waals surface area contributed by atoms with Gasteiger partial charge in [0.25, 0.3) is 5.56 Å². The number of fused-ring (bicyclic) bond motifs is 5.